The highest BCUT2D eigenvalue weighted by Gasteiger charge is 2.03. The Bertz CT molecular complexity index is 941. The van der Waals surface area contributed by atoms with E-state index in [2.05, 4.69) is 26.5 Å². The number of nitrogens with one attached hydrogen (secondary N) is 1. The Morgan fingerprint density at radius 1 is 1.07 bits per heavy atom. The first kappa shape index (κ1) is 18.8. The van der Waals surface area contributed by atoms with Crippen LogP contribution in [0.5, 0.6) is 5.75 Å². The molecule has 0 bridgehead atoms. The van der Waals surface area contributed by atoms with E-state index in [9.17, 15) is 9.18 Å². The molecule has 0 saturated heterocycles. The first-order valence-corrected chi connectivity index (χ1v) is 8.96. The lowest BCUT2D eigenvalue weighted by atomic mass is 10.2. The number of carbonyl (C=O) groups excluding carboxylic acids is 1. The van der Waals surface area contributed by atoms with Crippen LogP contribution in [0.2, 0.25) is 0 Å². The van der Waals surface area contributed by atoms with Crippen LogP contribution in [0.25, 0.3) is 0 Å². The molecule has 6 heteroatoms. The number of ether oxygens (including phenoxy) is 1. The highest BCUT2D eigenvalue weighted by Crippen LogP contribution is 2.16. The highest BCUT2D eigenvalue weighted by atomic mass is 79.9. The summed E-state index contributed by atoms with van der Waals surface area (Å²) in [4.78, 5) is 11.9. The van der Waals surface area contributed by atoms with Crippen LogP contribution in [0.4, 0.5) is 4.39 Å². The Balaban J connectivity index is 1.56. The van der Waals surface area contributed by atoms with Crippen molar-refractivity contribution < 1.29 is 13.9 Å². The van der Waals surface area contributed by atoms with Crippen LogP contribution in [0, 0.1) is 5.82 Å². The van der Waals surface area contributed by atoms with Crippen molar-refractivity contribution in [2.75, 3.05) is 0 Å². The monoisotopic (exact) mass is 426 g/mol. The summed E-state index contributed by atoms with van der Waals surface area (Å²) in [7, 11) is 0. The molecule has 3 rings (SSSR count). The van der Waals surface area contributed by atoms with Gasteiger partial charge < -0.3 is 4.74 Å². The fraction of sp³-hybridized carbons (Fsp3) is 0.0476. The van der Waals surface area contributed by atoms with Crippen molar-refractivity contribution in [1.82, 2.24) is 5.43 Å². The van der Waals surface area contributed by atoms with Gasteiger partial charge in [0.25, 0.3) is 5.91 Å². The van der Waals surface area contributed by atoms with Gasteiger partial charge in [0.1, 0.15) is 18.2 Å². The predicted octanol–water partition coefficient (Wildman–Crippen LogP) is 4.93. The minimum Gasteiger partial charge on any atom is -0.489 e. The maximum Gasteiger partial charge on any atom is 0.271 e. The normalized spacial score (nSPS) is 10.7. The Hall–Kier alpha value is -2.99. The number of amides is 1. The molecule has 1 N–H and O–H groups in total. The maximum absolute atomic E-state index is 12.9. The summed E-state index contributed by atoms with van der Waals surface area (Å²) in [5, 5.41) is 3.93. The van der Waals surface area contributed by atoms with Gasteiger partial charge in [0, 0.05) is 10.0 Å². The van der Waals surface area contributed by atoms with Crippen LogP contribution in [0.3, 0.4) is 0 Å². The Labute approximate surface area is 164 Å². The van der Waals surface area contributed by atoms with Crippen molar-refractivity contribution in [3.63, 3.8) is 0 Å². The minimum atomic E-state index is -0.408. The molecule has 0 aliphatic rings. The molecule has 3 aromatic rings. The van der Waals surface area contributed by atoms with Gasteiger partial charge in [-0.1, -0.05) is 40.2 Å². The molecular formula is C21H16BrFN2O2. The van der Waals surface area contributed by atoms with Gasteiger partial charge in [0.15, 0.2) is 0 Å². The zero-order valence-electron chi connectivity index (χ0n) is 14.2. The number of rotatable bonds is 6. The molecule has 0 fully saturated rings. The summed E-state index contributed by atoms with van der Waals surface area (Å²) in [6.45, 7) is 0.454. The molecular weight excluding hydrogens is 411 g/mol. The third-order valence-electron chi connectivity index (χ3n) is 3.66. The Kier molecular flexibility index (Phi) is 6.33. The third kappa shape index (κ3) is 5.76. The van der Waals surface area contributed by atoms with Crippen LogP contribution in [0.15, 0.2) is 82.4 Å². The van der Waals surface area contributed by atoms with Crippen LogP contribution < -0.4 is 10.2 Å². The predicted molar refractivity (Wildman–Crippen MR) is 106 cm³/mol. The lowest BCUT2D eigenvalue weighted by molar-refractivity contribution is 0.0955. The lowest BCUT2D eigenvalue weighted by Gasteiger charge is -2.07. The topological polar surface area (TPSA) is 50.7 Å². The van der Waals surface area contributed by atoms with E-state index in [4.69, 9.17) is 4.74 Å². The highest BCUT2D eigenvalue weighted by molar-refractivity contribution is 9.10. The average molecular weight is 427 g/mol. The maximum atomic E-state index is 12.9. The molecule has 0 aromatic heterocycles. The number of hydrogen-bond acceptors (Lipinski definition) is 3. The number of nitrogens with zero attached hydrogens (tertiary/aromatic N) is 1. The number of hydrazone groups is 1. The van der Waals surface area contributed by atoms with Gasteiger partial charge in [-0.25, -0.2) is 9.82 Å². The molecule has 136 valence electrons. The average Bonchev–Trinajstić information content (AvgIpc) is 2.68. The second-order valence-electron chi connectivity index (χ2n) is 5.69. The summed E-state index contributed by atoms with van der Waals surface area (Å²) in [5.74, 6) is -0.101. The fourth-order valence-electron chi connectivity index (χ4n) is 2.26. The van der Waals surface area contributed by atoms with Crippen LogP contribution >= 0.6 is 15.9 Å². The molecule has 0 radical (unpaired) electrons. The fourth-order valence-corrected chi connectivity index (χ4v) is 2.53. The molecule has 0 unspecified atom stereocenters. The van der Waals surface area contributed by atoms with Gasteiger partial charge in [-0.3, -0.25) is 4.79 Å². The molecule has 0 spiro atoms. The van der Waals surface area contributed by atoms with Gasteiger partial charge in [0.05, 0.1) is 6.21 Å². The third-order valence-corrected chi connectivity index (χ3v) is 4.19. The van der Waals surface area contributed by atoms with E-state index in [0.717, 1.165) is 15.6 Å². The minimum absolute atomic E-state index is 0.333. The van der Waals surface area contributed by atoms with E-state index in [1.165, 1.54) is 30.5 Å². The molecule has 4 nitrogen and oxygen atoms in total. The van der Waals surface area contributed by atoms with Crippen molar-refractivity contribution in [2.45, 2.75) is 6.61 Å². The summed E-state index contributed by atoms with van der Waals surface area (Å²) < 4.78 is 19.7. The zero-order valence-corrected chi connectivity index (χ0v) is 15.8. The Morgan fingerprint density at radius 2 is 1.81 bits per heavy atom. The first-order valence-electron chi connectivity index (χ1n) is 8.16. The smallest absolute Gasteiger partial charge is 0.271 e. The SMILES string of the molecule is O=C(N/N=C\c1cccc(OCc2ccc(Br)cc2)c1)c1ccc(F)cc1. The first-order chi connectivity index (χ1) is 13.1. The van der Waals surface area contributed by atoms with E-state index in [1.807, 2.05) is 48.5 Å². The largest absolute Gasteiger partial charge is 0.489 e. The van der Waals surface area contributed by atoms with Crippen molar-refractivity contribution in [3.05, 3.63) is 99.8 Å². The van der Waals surface area contributed by atoms with Gasteiger partial charge in [-0.15, -0.1) is 0 Å². The van der Waals surface area contributed by atoms with Gasteiger partial charge >= 0.3 is 0 Å². The second kappa shape index (κ2) is 9.09. The zero-order chi connectivity index (χ0) is 19.1. The van der Waals surface area contributed by atoms with E-state index in [0.29, 0.717) is 17.9 Å². The van der Waals surface area contributed by atoms with Crippen LogP contribution in [-0.2, 0) is 6.61 Å². The Morgan fingerprint density at radius 3 is 2.56 bits per heavy atom. The lowest BCUT2D eigenvalue weighted by Crippen LogP contribution is -2.17. The van der Waals surface area contributed by atoms with Gasteiger partial charge in [0.2, 0.25) is 0 Å². The summed E-state index contributed by atoms with van der Waals surface area (Å²) in [5.41, 5.74) is 4.59. The van der Waals surface area contributed by atoms with E-state index in [-0.39, 0.29) is 0 Å². The molecule has 0 saturated carbocycles. The van der Waals surface area contributed by atoms with Crippen molar-refractivity contribution in [3.8, 4) is 5.75 Å². The van der Waals surface area contributed by atoms with Crippen LogP contribution in [0.1, 0.15) is 21.5 Å². The second-order valence-corrected chi connectivity index (χ2v) is 6.61. The number of hydrogen-bond donors (Lipinski definition) is 1. The number of carbonyl (C=O) groups is 1. The van der Waals surface area contributed by atoms with E-state index in [1.54, 1.807) is 0 Å². The van der Waals surface area contributed by atoms with Crippen molar-refractivity contribution in [2.24, 2.45) is 5.10 Å². The molecule has 0 heterocycles. The van der Waals surface area contributed by atoms with E-state index < -0.39 is 11.7 Å². The molecule has 3 aromatic carbocycles. The van der Waals surface area contributed by atoms with Crippen molar-refractivity contribution in [1.29, 1.82) is 0 Å². The molecule has 0 atom stereocenters. The molecule has 27 heavy (non-hydrogen) atoms. The van der Waals surface area contributed by atoms with Crippen molar-refractivity contribution >= 4 is 28.1 Å². The van der Waals surface area contributed by atoms with E-state index >= 15 is 0 Å². The van der Waals surface area contributed by atoms with Gasteiger partial charge in [-0.2, -0.15) is 5.10 Å². The van der Waals surface area contributed by atoms with Gasteiger partial charge in [-0.05, 0) is 59.7 Å². The standard InChI is InChI=1S/C21H16BrFN2O2/c22-18-8-4-15(5-9-18)14-27-20-3-1-2-16(12-20)13-24-25-21(26)17-6-10-19(23)11-7-17/h1-13H,14H2,(H,25,26)/b24-13-. The van der Waals surface area contributed by atoms with Crippen LogP contribution in [-0.4, -0.2) is 12.1 Å². The summed E-state index contributed by atoms with van der Waals surface area (Å²) in [6.07, 6.45) is 1.52. The number of benzene rings is 3. The number of halogens is 2. The summed E-state index contributed by atoms with van der Waals surface area (Å²) in [6, 6.07) is 20.5. The molecule has 0 aliphatic carbocycles. The quantitative estimate of drug-likeness (QED) is 0.448. The summed E-state index contributed by atoms with van der Waals surface area (Å²) >= 11 is 3.40. The molecule has 1 amide bonds. The molecule has 0 aliphatic heterocycles.